The maximum absolute atomic E-state index is 13.5. The molecule has 6 rings (SSSR count). The molecule has 0 atom stereocenters. The van der Waals surface area contributed by atoms with Crippen molar-refractivity contribution in [2.45, 2.75) is 43.2 Å². The van der Waals surface area contributed by atoms with Crippen LogP contribution < -0.4 is 4.74 Å². The van der Waals surface area contributed by atoms with E-state index in [9.17, 15) is 8.42 Å². The predicted octanol–water partition coefficient (Wildman–Crippen LogP) is 3.93. The minimum atomic E-state index is -3.61. The lowest BCUT2D eigenvalue weighted by atomic mass is 10.0. The summed E-state index contributed by atoms with van der Waals surface area (Å²) in [5.74, 6) is 0.846. The average molecular weight is 452 g/mol. The molecule has 2 aliphatic heterocycles. The lowest BCUT2D eigenvalue weighted by Gasteiger charge is -2.32. The Kier molecular flexibility index (Phi) is 4.82. The molecule has 1 aliphatic carbocycles. The summed E-state index contributed by atoms with van der Waals surface area (Å²) in [4.78, 5) is 5.18. The highest BCUT2D eigenvalue weighted by Crippen LogP contribution is 2.46. The molecule has 6 nitrogen and oxygen atoms in total. The highest BCUT2D eigenvalue weighted by molar-refractivity contribution is 7.90. The molecular formula is C25H29N3O3S. The Balaban J connectivity index is 1.51. The van der Waals surface area contributed by atoms with Crippen LogP contribution in [0, 0.1) is 0 Å². The molecule has 0 radical (unpaired) electrons. The minimum absolute atomic E-state index is 0.271. The van der Waals surface area contributed by atoms with Crippen molar-refractivity contribution in [1.29, 1.82) is 0 Å². The van der Waals surface area contributed by atoms with E-state index in [1.807, 2.05) is 24.3 Å². The van der Waals surface area contributed by atoms with Crippen LogP contribution in [-0.2, 0) is 16.6 Å². The second-order valence-electron chi connectivity index (χ2n) is 9.38. The lowest BCUT2D eigenvalue weighted by molar-refractivity contribution is 0.148. The van der Waals surface area contributed by atoms with Crippen LogP contribution in [0.15, 0.2) is 47.4 Å². The van der Waals surface area contributed by atoms with E-state index in [1.54, 1.807) is 16.1 Å². The van der Waals surface area contributed by atoms with Crippen LogP contribution in [0.2, 0.25) is 0 Å². The molecule has 32 heavy (non-hydrogen) atoms. The van der Waals surface area contributed by atoms with Crippen molar-refractivity contribution in [3.05, 3.63) is 48.0 Å². The highest BCUT2D eigenvalue weighted by atomic mass is 32.2. The Labute approximate surface area is 189 Å². The number of nitrogens with zero attached hydrogens (tertiary/aromatic N) is 3. The van der Waals surface area contributed by atoms with Gasteiger partial charge in [0.2, 0.25) is 0 Å². The maximum atomic E-state index is 13.5. The van der Waals surface area contributed by atoms with Crippen molar-refractivity contribution in [2.75, 3.05) is 33.2 Å². The van der Waals surface area contributed by atoms with Crippen LogP contribution >= 0.6 is 0 Å². The molecule has 0 amide bonds. The Morgan fingerprint density at radius 2 is 1.75 bits per heavy atom. The van der Waals surface area contributed by atoms with Crippen molar-refractivity contribution in [3.8, 4) is 17.0 Å². The molecule has 2 aromatic carbocycles. The molecule has 3 aromatic rings. The second kappa shape index (κ2) is 7.61. The number of hydrogen-bond donors (Lipinski definition) is 0. The smallest absolute Gasteiger partial charge is 0.269 e. The lowest BCUT2D eigenvalue weighted by Crippen LogP contribution is -2.43. The molecule has 0 N–H and O–H groups in total. The zero-order valence-electron chi connectivity index (χ0n) is 18.5. The van der Waals surface area contributed by atoms with Crippen LogP contribution in [0.5, 0.6) is 5.75 Å². The summed E-state index contributed by atoms with van der Waals surface area (Å²) in [5.41, 5.74) is 3.48. The van der Waals surface area contributed by atoms with Gasteiger partial charge in [0.15, 0.2) is 0 Å². The molecule has 168 valence electrons. The van der Waals surface area contributed by atoms with Crippen molar-refractivity contribution >= 4 is 20.9 Å². The van der Waals surface area contributed by atoms with E-state index in [-0.39, 0.29) is 6.10 Å². The number of benzene rings is 2. The van der Waals surface area contributed by atoms with E-state index >= 15 is 0 Å². The van der Waals surface area contributed by atoms with Gasteiger partial charge in [0.1, 0.15) is 5.75 Å². The van der Waals surface area contributed by atoms with Gasteiger partial charge in [0.05, 0.1) is 22.2 Å². The minimum Gasteiger partial charge on any atom is -0.490 e. The van der Waals surface area contributed by atoms with Gasteiger partial charge < -0.3 is 9.64 Å². The molecule has 1 saturated heterocycles. The van der Waals surface area contributed by atoms with Gasteiger partial charge in [-0.3, -0.25) is 4.90 Å². The Bertz CT molecular complexity index is 1280. The monoisotopic (exact) mass is 451 g/mol. The number of aromatic nitrogens is 1. The summed E-state index contributed by atoms with van der Waals surface area (Å²) in [6.45, 7) is 4.76. The summed E-state index contributed by atoms with van der Waals surface area (Å²) in [6.07, 6.45) is 4.90. The largest absolute Gasteiger partial charge is 0.490 e. The van der Waals surface area contributed by atoms with Gasteiger partial charge in [-0.2, -0.15) is 0 Å². The molecule has 0 unspecified atom stereocenters. The van der Waals surface area contributed by atoms with Gasteiger partial charge in [-0.15, -0.1) is 0 Å². The Morgan fingerprint density at radius 1 is 1.00 bits per heavy atom. The van der Waals surface area contributed by atoms with Crippen LogP contribution in [0.4, 0.5) is 0 Å². The first-order valence-electron chi connectivity index (χ1n) is 11.6. The van der Waals surface area contributed by atoms with E-state index in [1.165, 1.54) is 12.8 Å². The quantitative estimate of drug-likeness (QED) is 0.471. The summed E-state index contributed by atoms with van der Waals surface area (Å²) < 4.78 is 34.9. The Morgan fingerprint density at radius 3 is 2.53 bits per heavy atom. The summed E-state index contributed by atoms with van der Waals surface area (Å²) in [7, 11) is -1.46. The molecule has 7 heteroatoms. The SMILES string of the molecule is CN1CCN(Cc2c3n(c4ccc(OC5CCCC5)cc24)S(=O)(=O)c2ccccc2-3)CC1. The predicted molar refractivity (Wildman–Crippen MR) is 126 cm³/mol. The van der Waals surface area contributed by atoms with Gasteiger partial charge in [0.25, 0.3) is 10.0 Å². The van der Waals surface area contributed by atoms with Crippen molar-refractivity contribution in [1.82, 2.24) is 13.8 Å². The number of likely N-dealkylation sites (N-methyl/N-ethyl adjacent to an activating group) is 1. The van der Waals surface area contributed by atoms with Gasteiger partial charge in [0, 0.05) is 49.2 Å². The number of rotatable bonds is 4. The Hall–Kier alpha value is -2.35. The van der Waals surface area contributed by atoms with E-state index in [2.05, 4.69) is 22.9 Å². The van der Waals surface area contributed by atoms with E-state index in [4.69, 9.17) is 4.74 Å². The van der Waals surface area contributed by atoms with Crippen molar-refractivity contribution in [3.63, 3.8) is 0 Å². The zero-order valence-corrected chi connectivity index (χ0v) is 19.3. The second-order valence-corrected chi connectivity index (χ2v) is 11.1. The van der Waals surface area contributed by atoms with Gasteiger partial charge in [-0.1, -0.05) is 18.2 Å². The van der Waals surface area contributed by atoms with Gasteiger partial charge >= 0.3 is 0 Å². The maximum Gasteiger partial charge on any atom is 0.269 e. The van der Waals surface area contributed by atoms with Crippen LogP contribution in [0.25, 0.3) is 22.2 Å². The first kappa shape index (κ1) is 20.3. The highest BCUT2D eigenvalue weighted by Gasteiger charge is 2.37. The molecule has 2 fully saturated rings. The fourth-order valence-corrected chi connectivity index (χ4v) is 7.23. The molecule has 3 aliphatic rings. The van der Waals surface area contributed by atoms with Crippen LogP contribution in [-0.4, -0.2) is 61.5 Å². The number of fused-ring (bicyclic) bond motifs is 5. The molecule has 1 aromatic heterocycles. The third kappa shape index (κ3) is 3.17. The summed E-state index contributed by atoms with van der Waals surface area (Å²) >= 11 is 0. The molecule has 0 spiro atoms. The first-order chi connectivity index (χ1) is 15.5. The van der Waals surface area contributed by atoms with E-state index < -0.39 is 10.0 Å². The molecule has 0 bridgehead atoms. The van der Waals surface area contributed by atoms with Gasteiger partial charge in [-0.05, 0) is 57.0 Å². The summed E-state index contributed by atoms with van der Waals surface area (Å²) in [5, 5.41) is 0.993. The number of hydrogen-bond acceptors (Lipinski definition) is 5. The topological polar surface area (TPSA) is 54.8 Å². The summed E-state index contributed by atoms with van der Waals surface area (Å²) in [6, 6.07) is 13.3. The third-order valence-corrected chi connectivity index (χ3v) is 9.02. The molecular weight excluding hydrogens is 422 g/mol. The third-order valence-electron chi connectivity index (χ3n) is 7.24. The van der Waals surface area contributed by atoms with Crippen molar-refractivity contribution < 1.29 is 13.2 Å². The normalized spacial score (nSPS) is 21.2. The van der Waals surface area contributed by atoms with Crippen LogP contribution in [0.1, 0.15) is 31.2 Å². The first-order valence-corrected chi connectivity index (χ1v) is 13.1. The standard InChI is InChI=1S/C25H29N3O3S/c1-26-12-14-27(15-13-26)17-22-21-16-19(31-18-6-2-3-7-18)10-11-23(21)28-25(22)20-8-4-5-9-24(20)32(28,29)30/h4-5,8-11,16,18H,2-3,6-7,12-15,17H2,1H3. The fourth-order valence-electron chi connectivity index (χ4n) is 5.47. The molecule has 1 saturated carbocycles. The zero-order chi connectivity index (χ0) is 21.9. The number of ether oxygens (including phenoxy) is 1. The average Bonchev–Trinajstić information content (AvgIpc) is 3.47. The van der Waals surface area contributed by atoms with Crippen molar-refractivity contribution in [2.24, 2.45) is 0 Å². The fraction of sp³-hybridized carbons (Fsp3) is 0.440. The molecule has 3 heterocycles. The van der Waals surface area contributed by atoms with Gasteiger partial charge in [-0.25, -0.2) is 12.4 Å². The van der Waals surface area contributed by atoms with Crippen LogP contribution in [0.3, 0.4) is 0 Å². The van der Waals surface area contributed by atoms with E-state index in [0.29, 0.717) is 4.90 Å². The van der Waals surface area contributed by atoms with E-state index in [0.717, 1.165) is 79.0 Å². The number of piperazine rings is 1.